The van der Waals surface area contributed by atoms with Crippen molar-refractivity contribution in [2.24, 2.45) is 5.10 Å². The van der Waals surface area contributed by atoms with Crippen LogP contribution in [0, 0.1) is 13.8 Å². The van der Waals surface area contributed by atoms with E-state index in [1.165, 1.54) is 19.4 Å². The van der Waals surface area contributed by atoms with Crippen molar-refractivity contribution in [3.8, 4) is 17.2 Å². The first-order chi connectivity index (χ1) is 11.5. The first-order valence-corrected chi connectivity index (χ1v) is 7.38. The second-order valence-electron chi connectivity index (χ2n) is 5.25. The summed E-state index contributed by atoms with van der Waals surface area (Å²) in [5.41, 5.74) is 5.04. The van der Waals surface area contributed by atoms with Crippen LogP contribution >= 0.6 is 0 Å². The number of phenols is 1. The van der Waals surface area contributed by atoms with Gasteiger partial charge in [0, 0.05) is 5.56 Å². The summed E-state index contributed by atoms with van der Waals surface area (Å²) in [5, 5.41) is 13.5. The lowest BCUT2D eigenvalue weighted by Gasteiger charge is -2.07. The van der Waals surface area contributed by atoms with Gasteiger partial charge in [0.15, 0.2) is 6.61 Å². The number of carbonyl (C=O) groups is 1. The molecule has 6 nitrogen and oxygen atoms in total. The van der Waals surface area contributed by atoms with Crippen LogP contribution in [-0.2, 0) is 4.79 Å². The van der Waals surface area contributed by atoms with Gasteiger partial charge in [0.1, 0.15) is 17.2 Å². The zero-order valence-corrected chi connectivity index (χ0v) is 13.9. The van der Waals surface area contributed by atoms with E-state index in [2.05, 4.69) is 10.5 Å². The highest BCUT2D eigenvalue weighted by Crippen LogP contribution is 2.21. The highest BCUT2D eigenvalue weighted by atomic mass is 16.5. The third-order valence-electron chi connectivity index (χ3n) is 3.48. The van der Waals surface area contributed by atoms with Crippen molar-refractivity contribution in [3.05, 3.63) is 53.1 Å². The van der Waals surface area contributed by atoms with Crippen LogP contribution in [0.25, 0.3) is 0 Å². The zero-order chi connectivity index (χ0) is 17.5. The Bertz CT molecular complexity index is 757. The number of rotatable bonds is 6. The Labute approximate surface area is 140 Å². The Morgan fingerprint density at radius 3 is 2.62 bits per heavy atom. The molecule has 2 aromatic carbocycles. The van der Waals surface area contributed by atoms with Crippen molar-refractivity contribution >= 4 is 12.1 Å². The molecule has 126 valence electrons. The van der Waals surface area contributed by atoms with Gasteiger partial charge >= 0.3 is 0 Å². The standard InChI is InChI=1S/C18H20N2O4/c1-12-4-5-16(8-13(12)2)24-11-18(22)20-19-10-14-9-15(23-3)6-7-17(14)21/h4-10,21H,11H2,1-3H3,(H,20,22)/b19-10+. The Kier molecular flexibility index (Phi) is 5.78. The number of hydrogen-bond acceptors (Lipinski definition) is 5. The van der Waals surface area contributed by atoms with E-state index in [1.54, 1.807) is 12.1 Å². The highest BCUT2D eigenvalue weighted by molar-refractivity contribution is 5.85. The van der Waals surface area contributed by atoms with Crippen molar-refractivity contribution < 1.29 is 19.4 Å². The molecule has 2 N–H and O–H groups in total. The number of hydrogen-bond donors (Lipinski definition) is 2. The van der Waals surface area contributed by atoms with E-state index >= 15 is 0 Å². The van der Waals surface area contributed by atoms with E-state index < -0.39 is 5.91 Å². The maximum atomic E-state index is 11.7. The third-order valence-corrected chi connectivity index (χ3v) is 3.48. The molecule has 0 aliphatic heterocycles. The molecular formula is C18H20N2O4. The smallest absolute Gasteiger partial charge is 0.277 e. The van der Waals surface area contributed by atoms with Gasteiger partial charge in [0.25, 0.3) is 5.91 Å². The first-order valence-electron chi connectivity index (χ1n) is 7.38. The lowest BCUT2D eigenvalue weighted by atomic mass is 10.1. The largest absolute Gasteiger partial charge is 0.507 e. The summed E-state index contributed by atoms with van der Waals surface area (Å²) in [5.74, 6) is 0.855. The van der Waals surface area contributed by atoms with E-state index in [9.17, 15) is 9.90 Å². The average molecular weight is 328 g/mol. The van der Waals surface area contributed by atoms with E-state index in [-0.39, 0.29) is 12.4 Å². The van der Waals surface area contributed by atoms with Crippen LogP contribution in [0.15, 0.2) is 41.5 Å². The normalized spacial score (nSPS) is 10.6. The molecule has 2 aromatic rings. The van der Waals surface area contributed by atoms with E-state index in [0.29, 0.717) is 17.1 Å². The molecule has 1 amide bonds. The Morgan fingerprint density at radius 2 is 1.92 bits per heavy atom. The highest BCUT2D eigenvalue weighted by Gasteiger charge is 2.04. The second kappa shape index (κ2) is 8.01. The molecule has 0 fully saturated rings. The van der Waals surface area contributed by atoms with Gasteiger partial charge in [-0.1, -0.05) is 6.07 Å². The molecule has 0 aliphatic carbocycles. The molecule has 24 heavy (non-hydrogen) atoms. The SMILES string of the molecule is COc1ccc(O)c(/C=N/NC(=O)COc2ccc(C)c(C)c2)c1. The fraction of sp³-hybridized carbons (Fsp3) is 0.222. The number of benzene rings is 2. The molecule has 0 spiro atoms. The molecular weight excluding hydrogens is 308 g/mol. The lowest BCUT2D eigenvalue weighted by Crippen LogP contribution is -2.24. The Hall–Kier alpha value is -3.02. The van der Waals surface area contributed by atoms with Crippen molar-refractivity contribution in [1.82, 2.24) is 5.43 Å². The van der Waals surface area contributed by atoms with Gasteiger partial charge in [-0.15, -0.1) is 0 Å². The van der Waals surface area contributed by atoms with E-state index in [1.807, 2.05) is 32.0 Å². The van der Waals surface area contributed by atoms with Crippen LogP contribution in [0.3, 0.4) is 0 Å². The molecule has 0 saturated carbocycles. The minimum atomic E-state index is -0.396. The predicted molar refractivity (Wildman–Crippen MR) is 91.8 cm³/mol. The maximum absolute atomic E-state index is 11.7. The first kappa shape index (κ1) is 17.3. The predicted octanol–water partition coefficient (Wildman–Crippen LogP) is 2.55. The number of nitrogens with one attached hydrogen (secondary N) is 1. The van der Waals surface area contributed by atoms with E-state index in [4.69, 9.17) is 9.47 Å². The van der Waals surface area contributed by atoms with Gasteiger partial charge in [-0.05, 0) is 55.3 Å². The number of methoxy groups -OCH3 is 1. The number of aryl methyl sites for hydroxylation is 2. The molecule has 0 bridgehead atoms. The van der Waals surface area contributed by atoms with Crippen LogP contribution in [0.2, 0.25) is 0 Å². The van der Waals surface area contributed by atoms with Crippen molar-refractivity contribution in [2.45, 2.75) is 13.8 Å². The summed E-state index contributed by atoms with van der Waals surface area (Å²) in [7, 11) is 1.53. The number of phenolic OH excluding ortho intramolecular Hbond substituents is 1. The molecule has 0 heterocycles. The average Bonchev–Trinajstić information content (AvgIpc) is 2.57. The number of aromatic hydroxyl groups is 1. The third kappa shape index (κ3) is 4.74. The van der Waals surface area contributed by atoms with Crippen molar-refractivity contribution in [3.63, 3.8) is 0 Å². The zero-order valence-electron chi connectivity index (χ0n) is 13.9. The summed E-state index contributed by atoms with van der Waals surface area (Å²) in [6.07, 6.45) is 1.34. The van der Waals surface area contributed by atoms with Gasteiger partial charge in [0.2, 0.25) is 0 Å². The second-order valence-corrected chi connectivity index (χ2v) is 5.25. The van der Waals surface area contributed by atoms with E-state index in [0.717, 1.165) is 11.1 Å². The molecule has 0 unspecified atom stereocenters. The van der Waals surface area contributed by atoms with Gasteiger partial charge in [-0.3, -0.25) is 4.79 Å². The van der Waals surface area contributed by atoms with Crippen molar-refractivity contribution in [2.75, 3.05) is 13.7 Å². The molecule has 0 aromatic heterocycles. The van der Waals surface area contributed by atoms with Gasteiger partial charge in [0.05, 0.1) is 13.3 Å². The molecule has 0 atom stereocenters. The number of nitrogens with zero attached hydrogens (tertiary/aromatic N) is 1. The molecule has 0 saturated heterocycles. The number of hydrazone groups is 1. The van der Waals surface area contributed by atoms with Gasteiger partial charge in [-0.25, -0.2) is 5.43 Å². The maximum Gasteiger partial charge on any atom is 0.277 e. The Morgan fingerprint density at radius 1 is 1.17 bits per heavy atom. The van der Waals surface area contributed by atoms with Crippen LogP contribution < -0.4 is 14.9 Å². The minimum Gasteiger partial charge on any atom is -0.507 e. The number of amides is 1. The summed E-state index contributed by atoms with van der Waals surface area (Å²) in [4.78, 5) is 11.7. The summed E-state index contributed by atoms with van der Waals surface area (Å²) < 4.78 is 10.5. The van der Waals surface area contributed by atoms with Crippen LogP contribution in [0.4, 0.5) is 0 Å². The number of ether oxygens (including phenoxy) is 2. The molecule has 6 heteroatoms. The van der Waals surface area contributed by atoms with Crippen LogP contribution in [0.5, 0.6) is 17.2 Å². The van der Waals surface area contributed by atoms with Crippen LogP contribution in [-0.4, -0.2) is 30.9 Å². The Balaban J connectivity index is 1.87. The van der Waals surface area contributed by atoms with Crippen molar-refractivity contribution in [1.29, 1.82) is 0 Å². The molecule has 2 rings (SSSR count). The lowest BCUT2D eigenvalue weighted by molar-refractivity contribution is -0.123. The fourth-order valence-corrected chi connectivity index (χ4v) is 1.92. The van der Waals surface area contributed by atoms with Crippen LogP contribution in [0.1, 0.15) is 16.7 Å². The fourth-order valence-electron chi connectivity index (χ4n) is 1.92. The quantitative estimate of drug-likeness (QED) is 0.631. The monoisotopic (exact) mass is 328 g/mol. The number of carbonyl (C=O) groups excluding carboxylic acids is 1. The topological polar surface area (TPSA) is 80.2 Å². The molecule has 0 radical (unpaired) electrons. The summed E-state index contributed by atoms with van der Waals surface area (Å²) in [6.45, 7) is 3.84. The minimum absolute atomic E-state index is 0.0418. The molecule has 0 aliphatic rings. The van der Waals surface area contributed by atoms with Gasteiger partial charge < -0.3 is 14.6 Å². The summed E-state index contributed by atoms with van der Waals surface area (Å²) >= 11 is 0. The van der Waals surface area contributed by atoms with Gasteiger partial charge in [-0.2, -0.15) is 5.10 Å². The summed E-state index contributed by atoms with van der Waals surface area (Å²) in [6, 6.07) is 10.4.